The summed E-state index contributed by atoms with van der Waals surface area (Å²) >= 11 is 0. The second-order valence-electron chi connectivity index (χ2n) is 8.70. The molecule has 0 saturated heterocycles. The highest BCUT2D eigenvalue weighted by Crippen LogP contribution is 2.27. The first-order valence-corrected chi connectivity index (χ1v) is 11.4. The molecule has 2 amide bonds. The highest BCUT2D eigenvalue weighted by molar-refractivity contribution is 6.04. The van der Waals surface area contributed by atoms with Crippen molar-refractivity contribution in [2.45, 2.75) is 26.4 Å². The van der Waals surface area contributed by atoms with Crippen LogP contribution in [0.15, 0.2) is 67.1 Å². The molecule has 3 aromatic heterocycles. The van der Waals surface area contributed by atoms with E-state index in [1.807, 2.05) is 13.0 Å². The summed E-state index contributed by atoms with van der Waals surface area (Å²) in [6, 6.07) is 13.6. The van der Waals surface area contributed by atoms with Gasteiger partial charge in [0.25, 0.3) is 5.91 Å². The third-order valence-corrected chi connectivity index (χ3v) is 5.49. The maximum atomic E-state index is 14.3. The summed E-state index contributed by atoms with van der Waals surface area (Å²) in [5, 5.41) is 5.37. The Labute approximate surface area is 213 Å². The molecule has 0 aliphatic rings. The number of pyridine rings is 2. The highest BCUT2D eigenvalue weighted by atomic mass is 19.1. The van der Waals surface area contributed by atoms with Crippen molar-refractivity contribution < 1.29 is 18.7 Å². The molecule has 9 nitrogen and oxygen atoms in total. The van der Waals surface area contributed by atoms with E-state index in [0.717, 1.165) is 16.7 Å². The van der Waals surface area contributed by atoms with Gasteiger partial charge in [-0.05, 0) is 68.8 Å². The number of aromatic nitrogens is 4. The molecule has 0 saturated carbocycles. The van der Waals surface area contributed by atoms with Crippen molar-refractivity contribution >= 4 is 23.5 Å². The highest BCUT2D eigenvalue weighted by Gasteiger charge is 2.22. The SMILES string of the molecule is COC(=O)Nc1cc(-c2ccnc(-c3cc(NC(=O)c4ccnc(C(C)(C)F)c4)ccc3C)n2)ccn1. The van der Waals surface area contributed by atoms with E-state index in [0.29, 0.717) is 28.6 Å². The molecule has 3 heterocycles. The predicted molar refractivity (Wildman–Crippen MR) is 138 cm³/mol. The van der Waals surface area contributed by atoms with Crippen molar-refractivity contribution in [2.75, 3.05) is 17.7 Å². The number of alkyl halides is 1. The third kappa shape index (κ3) is 6.10. The van der Waals surface area contributed by atoms with E-state index in [2.05, 4.69) is 35.3 Å². The number of carbonyl (C=O) groups excluding carboxylic acids is 2. The number of benzene rings is 1. The number of anilines is 2. The lowest BCUT2D eigenvalue weighted by Crippen LogP contribution is -2.16. The van der Waals surface area contributed by atoms with E-state index in [9.17, 15) is 14.0 Å². The smallest absolute Gasteiger partial charge is 0.412 e. The average molecular weight is 501 g/mol. The fraction of sp³-hybridized carbons (Fsp3) is 0.185. The van der Waals surface area contributed by atoms with Crippen LogP contribution >= 0.6 is 0 Å². The van der Waals surface area contributed by atoms with Crippen molar-refractivity contribution in [3.8, 4) is 22.6 Å². The van der Waals surface area contributed by atoms with Gasteiger partial charge in [0.15, 0.2) is 5.82 Å². The van der Waals surface area contributed by atoms with Crippen LogP contribution in [0.4, 0.5) is 20.7 Å². The summed E-state index contributed by atoms with van der Waals surface area (Å²) in [4.78, 5) is 41.6. The van der Waals surface area contributed by atoms with Gasteiger partial charge in [0.05, 0.1) is 18.5 Å². The molecule has 4 aromatic rings. The molecule has 0 atom stereocenters. The van der Waals surface area contributed by atoms with Crippen LogP contribution < -0.4 is 10.6 Å². The molecule has 188 valence electrons. The summed E-state index contributed by atoms with van der Waals surface area (Å²) < 4.78 is 18.9. The minimum atomic E-state index is -1.67. The minimum absolute atomic E-state index is 0.177. The van der Waals surface area contributed by atoms with Gasteiger partial charge in [-0.2, -0.15) is 0 Å². The topological polar surface area (TPSA) is 119 Å². The Morgan fingerprint density at radius 1 is 0.919 bits per heavy atom. The summed E-state index contributed by atoms with van der Waals surface area (Å²) in [5.41, 5.74) is 2.31. The molecule has 0 radical (unpaired) electrons. The van der Waals surface area contributed by atoms with Gasteiger partial charge in [-0.25, -0.2) is 24.1 Å². The Balaban J connectivity index is 1.60. The Hall–Kier alpha value is -4.73. The maximum absolute atomic E-state index is 14.3. The maximum Gasteiger partial charge on any atom is 0.412 e. The van der Waals surface area contributed by atoms with Crippen LogP contribution in [-0.4, -0.2) is 39.0 Å². The van der Waals surface area contributed by atoms with Crippen molar-refractivity contribution in [1.82, 2.24) is 19.9 Å². The first-order chi connectivity index (χ1) is 17.6. The average Bonchev–Trinajstić information content (AvgIpc) is 2.89. The molecule has 0 fully saturated rings. The van der Waals surface area contributed by atoms with Gasteiger partial charge in [-0.3, -0.25) is 15.1 Å². The van der Waals surface area contributed by atoms with E-state index in [-0.39, 0.29) is 11.6 Å². The molecule has 0 aliphatic heterocycles. The zero-order chi connectivity index (χ0) is 26.6. The number of amides is 2. The third-order valence-electron chi connectivity index (χ3n) is 5.49. The number of hydrogen-bond donors (Lipinski definition) is 2. The number of methoxy groups -OCH3 is 1. The first kappa shape index (κ1) is 25.4. The lowest BCUT2D eigenvalue weighted by atomic mass is 10.0. The van der Waals surface area contributed by atoms with Crippen LogP contribution in [0.3, 0.4) is 0 Å². The quantitative estimate of drug-likeness (QED) is 0.356. The fourth-order valence-electron chi connectivity index (χ4n) is 3.50. The minimum Gasteiger partial charge on any atom is -0.453 e. The summed E-state index contributed by atoms with van der Waals surface area (Å²) in [5.74, 6) is 0.386. The number of nitrogens with zero attached hydrogens (tertiary/aromatic N) is 4. The molecule has 1 aromatic carbocycles. The van der Waals surface area contributed by atoms with Crippen molar-refractivity contribution in [3.63, 3.8) is 0 Å². The molecule has 37 heavy (non-hydrogen) atoms. The lowest BCUT2D eigenvalue weighted by molar-refractivity contribution is 0.102. The van der Waals surface area contributed by atoms with Gasteiger partial charge in [0, 0.05) is 41.0 Å². The molecule has 0 unspecified atom stereocenters. The van der Waals surface area contributed by atoms with Crippen molar-refractivity contribution in [1.29, 1.82) is 0 Å². The summed E-state index contributed by atoms with van der Waals surface area (Å²) in [6.07, 6.45) is 3.97. The standard InChI is InChI=1S/C27H25FN6O3/c1-16-5-6-19(32-25(35)18-8-10-29-22(13-18)27(2,3)28)15-20(16)24-31-12-9-21(33-24)17-7-11-30-23(14-17)34-26(36)37-4/h5-15H,1-4H3,(H,32,35)(H,30,34,36). The second kappa shape index (κ2) is 10.5. The molecular weight excluding hydrogens is 475 g/mol. The van der Waals surface area contributed by atoms with Gasteiger partial charge >= 0.3 is 6.09 Å². The Kier molecular flexibility index (Phi) is 7.19. The number of aryl methyl sites for hydroxylation is 1. The first-order valence-electron chi connectivity index (χ1n) is 11.4. The number of carbonyl (C=O) groups is 2. The normalized spacial score (nSPS) is 11.1. The Bertz CT molecular complexity index is 1470. The zero-order valence-corrected chi connectivity index (χ0v) is 20.7. The van der Waals surface area contributed by atoms with E-state index >= 15 is 0 Å². The van der Waals surface area contributed by atoms with Crippen LogP contribution in [-0.2, 0) is 10.4 Å². The van der Waals surface area contributed by atoms with Crippen molar-refractivity contribution in [2.24, 2.45) is 0 Å². The van der Waals surface area contributed by atoms with E-state index in [1.165, 1.54) is 39.3 Å². The zero-order valence-electron chi connectivity index (χ0n) is 20.7. The van der Waals surface area contributed by atoms with Gasteiger partial charge in [-0.15, -0.1) is 0 Å². The number of nitrogens with one attached hydrogen (secondary N) is 2. The Morgan fingerprint density at radius 3 is 2.43 bits per heavy atom. The van der Waals surface area contributed by atoms with E-state index in [4.69, 9.17) is 0 Å². The van der Waals surface area contributed by atoms with Gasteiger partial charge in [0.1, 0.15) is 11.5 Å². The number of ether oxygens (including phenoxy) is 1. The number of rotatable bonds is 6. The van der Waals surface area contributed by atoms with Crippen LogP contribution in [0.5, 0.6) is 0 Å². The number of hydrogen-bond acceptors (Lipinski definition) is 7. The lowest BCUT2D eigenvalue weighted by Gasteiger charge is -2.14. The molecular formula is C27H25FN6O3. The molecule has 0 bridgehead atoms. The molecule has 10 heteroatoms. The van der Waals surface area contributed by atoms with Crippen molar-refractivity contribution in [3.05, 3.63) is 83.9 Å². The summed E-state index contributed by atoms with van der Waals surface area (Å²) in [6.45, 7) is 4.69. The monoisotopic (exact) mass is 500 g/mol. The molecule has 4 rings (SSSR count). The van der Waals surface area contributed by atoms with Crippen LogP contribution in [0, 0.1) is 6.92 Å². The van der Waals surface area contributed by atoms with E-state index < -0.39 is 11.8 Å². The van der Waals surface area contributed by atoms with E-state index in [1.54, 1.807) is 42.7 Å². The van der Waals surface area contributed by atoms with Crippen LogP contribution in [0.2, 0.25) is 0 Å². The predicted octanol–water partition coefficient (Wildman–Crippen LogP) is 5.54. The van der Waals surface area contributed by atoms with Crippen LogP contribution in [0.25, 0.3) is 22.6 Å². The Morgan fingerprint density at radius 2 is 1.68 bits per heavy atom. The van der Waals surface area contributed by atoms with Crippen LogP contribution in [0.1, 0.15) is 35.5 Å². The summed E-state index contributed by atoms with van der Waals surface area (Å²) in [7, 11) is 1.27. The van der Waals surface area contributed by atoms with Gasteiger partial charge in [-0.1, -0.05) is 6.07 Å². The second-order valence-corrected chi connectivity index (χ2v) is 8.70. The fourth-order valence-corrected chi connectivity index (χ4v) is 3.50. The number of halogens is 1. The molecule has 0 aliphatic carbocycles. The van der Waals surface area contributed by atoms with Gasteiger partial charge < -0.3 is 10.1 Å². The molecule has 0 spiro atoms. The van der Waals surface area contributed by atoms with Gasteiger partial charge in [0.2, 0.25) is 0 Å². The molecule has 2 N–H and O–H groups in total. The largest absolute Gasteiger partial charge is 0.453 e.